The number of benzene rings is 2. The number of anilines is 1. The molecule has 1 aliphatic rings. The topological polar surface area (TPSA) is 82.5 Å². The van der Waals surface area contributed by atoms with Crippen molar-refractivity contribution in [2.24, 2.45) is 0 Å². The maximum atomic E-state index is 11.0. The monoisotopic (exact) mass is 487 g/mol. The Morgan fingerprint density at radius 2 is 1.66 bits per heavy atom. The zero-order valence-electron chi connectivity index (χ0n) is 20.5. The van der Waals surface area contributed by atoms with Crippen LogP contribution in [0, 0.1) is 0 Å². The quantitative estimate of drug-likeness (QED) is 0.404. The van der Waals surface area contributed by atoms with Gasteiger partial charge in [-0.1, -0.05) is 81.4 Å². The first-order chi connectivity index (χ1) is 16.8. The highest BCUT2D eigenvalue weighted by Gasteiger charge is 2.51. The van der Waals surface area contributed by atoms with Crippen LogP contribution >= 0.6 is 0 Å². The Balaban J connectivity index is 1.45. The molecular weight excluding hydrogens is 454 g/mol. The van der Waals surface area contributed by atoms with Crippen LogP contribution in [0.4, 0.5) is 5.69 Å². The molecule has 3 heterocycles. The molecule has 6 nitrogen and oxygen atoms in total. The molecule has 0 spiro atoms. The highest BCUT2D eigenvalue weighted by Crippen LogP contribution is 2.38. The van der Waals surface area contributed by atoms with Gasteiger partial charge in [0.1, 0.15) is 18.0 Å². The molecule has 35 heavy (non-hydrogen) atoms. The van der Waals surface area contributed by atoms with Crippen molar-refractivity contribution in [2.45, 2.75) is 50.7 Å². The van der Waals surface area contributed by atoms with Crippen molar-refractivity contribution in [2.75, 3.05) is 12.3 Å². The Hall–Kier alpha value is -2.97. The van der Waals surface area contributed by atoms with E-state index in [9.17, 15) is 5.11 Å². The predicted octanol–water partition coefficient (Wildman–Crippen LogP) is 3.84. The summed E-state index contributed by atoms with van der Waals surface area (Å²) in [6.45, 7) is 7.04. The van der Waals surface area contributed by atoms with E-state index >= 15 is 0 Å². The summed E-state index contributed by atoms with van der Waals surface area (Å²) in [5.41, 5.74) is 7.55. The second-order valence-electron chi connectivity index (χ2n) is 10.3. The lowest BCUT2D eigenvalue weighted by molar-refractivity contribution is -0.0397. The molecule has 1 saturated heterocycles. The van der Waals surface area contributed by atoms with Gasteiger partial charge in [0.15, 0.2) is 0 Å². The molecule has 0 amide bonds. The van der Waals surface area contributed by atoms with Gasteiger partial charge in [0, 0.05) is 29.9 Å². The van der Waals surface area contributed by atoms with Gasteiger partial charge in [-0.3, -0.25) is 0 Å². The van der Waals surface area contributed by atoms with Crippen molar-refractivity contribution in [1.82, 2.24) is 9.55 Å². The third-order valence-corrected chi connectivity index (χ3v) is 12.0. The van der Waals surface area contributed by atoms with E-state index in [0.29, 0.717) is 18.7 Å². The first kappa shape index (κ1) is 23.8. The lowest BCUT2D eigenvalue weighted by Crippen LogP contribution is -2.67. The Morgan fingerprint density at radius 3 is 2.26 bits per heavy atom. The molecule has 0 aliphatic carbocycles. The maximum Gasteiger partial charge on any atom is 0.261 e. The van der Waals surface area contributed by atoms with Gasteiger partial charge < -0.3 is 24.6 Å². The third-order valence-electron chi connectivity index (χ3n) is 7.04. The molecule has 3 N–H and O–H groups in total. The largest absolute Gasteiger partial charge is 0.405 e. The molecule has 2 aromatic heterocycles. The highest BCUT2D eigenvalue weighted by atomic mass is 28.4. The minimum Gasteiger partial charge on any atom is -0.405 e. The van der Waals surface area contributed by atoms with Crippen LogP contribution in [-0.2, 0) is 9.16 Å². The highest BCUT2D eigenvalue weighted by molar-refractivity contribution is 6.99. The van der Waals surface area contributed by atoms with E-state index in [2.05, 4.69) is 74.3 Å². The fraction of sp³-hybridized carbons (Fsp3) is 0.321. The van der Waals surface area contributed by atoms with Gasteiger partial charge in [0.2, 0.25) is 0 Å². The number of fused-ring (bicyclic) bond motifs is 1. The summed E-state index contributed by atoms with van der Waals surface area (Å²) >= 11 is 0. The lowest BCUT2D eigenvalue weighted by atomic mass is 10.2. The van der Waals surface area contributed by atoms with Crippen molar-refractivity contribution >= 4 is 35.4 Å². The Morgan fingerprint density at radius 1 is 1.03 bits per heavy atom. The van der Waals surface area contributed by atoms with Gasteiger partial charge in [-0.2, -0.15) is 0 Å². The van der Waals surface area contributed by atoms with E-state index in [1.807, 2.05) is 29.0 Å². The average molecular weight is 488 g/mol. The number of hydrogen-bond donors (Lipinski definition) is 2. The Labute approximate surface area is 207 Å². The number of aromatic nitrogens is 2. The van der Waals surface area contributed by atoms with E-state index in [1.165, 1.54) is 10.4 Å². The molecule has 1 aliphatic heterocycles. The fourth-order valence-electron chi connectivity index (χ4n) is 5.32. The van der Waals surface area contributed by atoms with Gasteiger partial charge in [-0.15, -0.1) is 0 Å². The van der Waals surface area contributed by atoms with Gasteiger partial charge in [-0.05, 0) is 27.5 Å². The minimum absolute atomic E-state index is 0.142. The van der Waals surface area contributed by atoms with Crippen LogP contribution in [-0.4, -0.2) is 41.8 Å². The number of nitrogens with zero attached hydrogens (tertiary/aromatic N) is 2. The number of nitrogens with two attached hydrogens (primary N) is 1. The zero-order chi connectivity index (χ0) is 24.6. The number of aliphatic hydroxyl groups excluding tert-OH is 1. The lowest BCUT2D eigenvalue weighted by Gasteiger charge is -2.43. The number of aliphatic hydroxyl groups is 1. The molecule has 0 saturated carbocycles. The number of pyridine rings is 1. The van der Waals surface area contributed by atoms with Crippen LogP contribution in [0.5, 0.6) is 0 Å². The normalized spacial score (nSPS) is 21.0. The van der Waals surface area contributed by atoms with E-state index in [0.717, 1.165) is 11.0 Å². The summed E-state index contributed by atoms with van der Waals surface area (Å²) in [5.74, 6) is 0. The standard InChI is InChI=1S/C28H33N3O3Si/c1-28(2,3)35(20-10-6-4-7-11-20,21-12-8-5-9-13-21)33-19-25-24(32)18-26(34-25)31-17-15-22-23(29)14-16-30-27(22)31/h4-17,24-26,32H,18-19H2,1-3H3,(H2,29,30)/t24-,25+,26+/m0/s1. The molecule has 4 aromatic rings. The van der Waals surface area contributed by atoms with Crippen molar-refractivity contribution in [3.05, 3.63) is 85.2 Å². The Bertz CT molecular complexity index is 1250. The van der Waals surface area contributed by atoms with Gasteiger partial charge in [-0.25, -0.2) is 4.98 Å². The SMILES string of the molecule is CC(C)(C)[Si](OC[C@H]1O[C@@H](n2ccc3c(N)ccnc32)C[C@@H]1O)(c1ccccc1)c1ccccc1. The van der Waals surface area contributed by atoms with Crippen molar-refractivity contribution in [1.29, 1.82) is 0 Å². The molecule has 0 bridgehead atoms. The molecular formula is C28H33N3O3Si. The second-order valence-corrected chi connectivity index (χ2v) is 14.6. The minimum atomic E-state index is -2.71. The zero-order valence-corrected chi connectivity index (χ0v) is 21.5. The van der Waals surface area contributed by atoms with E-state index in [4.69, 9.17) is 14.9 Å². The molecule has 7 heteroatoms. The Kier molecular flexibility index (Phi) is 6.27. The van der Waals surface area contributed by atoms with Crippen LogP contribution in [0.25, 0.3) is 11.0 Å². The van der Waals surface area contributed by atoms with Gasteiger partial charge in [0.25, 0.3) is 8.32 Å². The molecule has 0 radical (unpaired) electrons. The molecule has 2 aromatic carbocycles. The van der Waals surface area contributed by atoms with Crippen LogP contribution in [0.2, 0.25) is 5.04 Å². The van der Waals surface area contributed by atoms with Crippen LogP contribution in [0.1, 0.15) is 33.4 Å². The van der Waals surface area contributed by atoms with E-state index < -0.39 is 20.5 Å². The molecule has 1 fully saturated rings. The summed E-state index contributed by atoms with van der Waals surface area (Å²) in [7, 11) is -2.71. The number of nitrogen functional groups attached to an aromatic ring is 1. The van der Waals surface area contributed by atoms with E-state index in [1.54, 1.807) is 12.3 Å². The first-order valence-corrected chi connectivity index (χ1v) is 14.0. The van der Waals surface area contributed by atoms with Crippen LogP contribution in [0.3, 0.4) is 0 Å². The smallest absolute Gasteiger partial charge is 0.261 e. The van der Waals surface area contributed by atoms with E-state index in [-0.39, 0.29) is 11.3 Å². The van der Waals surface area contributed by atoms with Gasteiger partial charge >= 0.3 is 0 Å². The number of rotatable bonds is 6. The van der Waals surface area contributed by atoms with Crippen LogP contribution < -0.4 is 16.1 Å². The summed E-state index contributed by atoms with van der Waals surface area (Å²) in [4.78, 5) is 4.49. The average Bonchev–Trinajstić information content (AvgIpc) is 3.44. The molecule has 182 valence electrons. The summed E-state index contributed by atoms with van der Waals surface area (Å²) in [6, 6.07) is 24.8. The molecule has 5 rings (SSSR count). The second kappa shape index (κ2) is 9.24. The molecule has 0 unspecified atom stereocenters. The van der Waals surface area contributed by atoms with Crippen molar-refractivity contribution in [3.8, 4) is 0 Å². The third kappa shape index (κ3) is 4.19. The fourth-order valence-corrected chi connectivity index (χ4v) is 9.89. The maximum absolute atomic E-state index is 11.0. The van der Waals surface area contributed by atoms with Crippen molar-refractivity contribution < 1.29 is 14.3 Å². The number of hydrogen-bond acceptors (Lipinski definition) is 5. The van der Waals surface area contributed by atoms with Crippen molar-refractivity contribution in [3.63, 3.8) is 0 Å². The summed E-state index contributed by atoms with van der Waals surface area (Å²) in [6.07, 6.45) is 2.68. The summed E-state index contributed by atoms with van der Waals surface area (Å²) in [5, 5.41) is 14.1. The first-order valence-electron chi connectivity index (χ1n) is 12.1. The number of ether oxygens (including phenoxy) is 1. The summed E-state index contributed by atoms with van der Waals surface area (Å²) < 4.78 is 15.3. The molecule has 3 atom stereocenters. The van der Waals surface area contributed by atoms with Crippen LogP contribution in [0.15, 0.2) is 85.2 Å². The predicted molar refractivity (Wildman–Crippen MR) is 142 cm³/mol. The van der Waals surface area contributed by atoms with Gasteiger partial charge in [0.05, 0.1) is 12.7 Å².